The summed E-state index contributed by atoms with van der Waals surface area (Å²) in [7, 11) is 0. The Labute approximate surface area is 104 Å². The first-order valence-corrected chi connectivity index (χ1v) is 5.35. The summed E-state index contributed by atoms with van der Waals surface area (Å²) >= 11 is 0. The van der Waals surface area contributed by atoms with Crippen molar-refractivity contribution in [1.82, 2.24) is 5.43 Å². The van der Waals surface area contributed by atoms with Crippen LogP contribution in [0.5, 0.6) is 5.75 Å². The third-order valence-corrected chi connectivity index (χ3v) is 2.36. The molecule has 0 aliphatic heterocycles. The maximum Gasteiger partial charge on any atom is 0.307 e. The molecule has 92 valence electrons. The molecule has 2 aromatic rings. The summed E-state index contributed by atoms with van der Waals surface area (Å²) in [5.74, 6) is -0.135. The molecule has 0 aliphatic rings. The van der Waals surface area contributed by atoms with Gasteiger partial charge in [0.05, 0.1) is 12.0 Å². The highest BCUT2D eigenvalue weighted by molar-refractivity contribution is 6.02. The Kier molecular flexibility index (Phi) is 3.43. The molecule has 0 atom stereocenters. The summed E-state index contributed by atoms with van der Waals surface area (Å²) in [5, 5.41) is 13.5. The van der Waals surface area contributed by atoms with Crippen LogP contribution < -0.4 is 5.43 Å². The van der Waals surface area contributed by atoms with Crippen LogP contribution in [0.1, 0.15) is 23.0 Å². The average Bonchev–Trinajstić information content (AvgIpc) is 2.90. The number of hydrogen-bond donors (Lipinski definition) is 2. The van der Waals surface area contributed by atoms with E-state index in [1.807, 2.05) is 0 Å². The lowest BCUT2D eigenvalue weighted by Gasteiger charge is -2.03. The molecule has 0 bridgehead atoms. The van der Waals surface area contributed by atoms with Crippen molar-refractivity contribution < 1.29 is 14.3 Å². The summed E-state index contributed by atoms with van der Waals surface area (Å²) in [4.78, 5) is 11.6. The topological polar surface area (TPSA) is 74.8 Å². The minimum atomic E-state index is -0.435. The van der Waals surface area contributed by atoms with E-state index in [-0.39, 0.29) is 11.5 Å². The van der Waals surface area contributed by atoms with Crippen LogP contribution in [-0.2, 0) is 0 Å². The molecule has 0 spiro atoms. The van der Waals surface area contributed by atoms with Crippen LogP contribution in [0, 0.1) is 0 Å². The van der Waals surface area contributed by atoms with E-state index in [0.29, 0.717) is 11.3 Å². The average molecular weight is 244 g/mol. The number of para-hydroxylation sites is 1. The number of hydrogen-bond acceptors (Lipinski definition) is 4. The Balaban J connectivity index is 2.11. The number of nitrogens with one attached hydrogen (secondary N) is 1. The number of nitrogens with zero attached hydrogens (tertiary/aromatic N) is 1. The highest BCUT2D eigenvalue weighted by atomic mass is 16.3. The van der Waals surface area contributed by atoms with E-state index in [1.165, 1.54) is 6.26 Å². The van der Waals surface area contributed by atoms with Gasteiger partial charge < -0.3 is 9.52 Å². The minimum absolute atomic E-state index is 0.117. The van der Waals surface area contributed by atoms with Gasteiger partial charge in [0.15, 0.2) is 5.76 Å². The molecule has 2 N–H and O–H groups in total. The van der Waals surface area contributed by atoms with Crippen LogP contribution in [0.3, 0.4) is 0 Å². The zero-order chi connectivity index (χ0) is 13.0. The van der Waals surface area contributed by atoms with Crippen LogP contribution in [0.15, 0.2) is 52.2 Å². The van der Waals surface area contributed by atoms with Gasteiger partial charge in [0.25, 0.3) is 0 Å². The number of carbonyl (C=O) groups is 1. The number of furan rings is 1. The number of aromatic hydroxyl groups is 1. The molecule has 0 saturated carbocycles. The number of hydrazone groups is 1. The Hall–Kier alpha value is -2.56. The molecule has 0 radical (unpaired) electrons. The fourth-order valence-electron chi connectivity index (χ4n) is 1.44. The van der Waals surface area contributed by atoms with Crippen LogP contribution in [0.2, 0.25) is 0 Å². The molecule has 0 fully saturated rings. The summed E-state index contributed by atoms with van der Waals surface area (Å²) < 4.78 is 4.93. The van der Waals surface area contributed by atoms with E-state index in [9.17, 15) is 9.90 Å². The maximum atomic E-state index is 11.6. The van der Waals surface area contributed by atoms with Crippen molar-refractivity contribution in [3.63, 3.8) is 0 Å². The second-order valence-electron chi connectivity index (χ2n) is 3.63. The van der Waals surface area contributed by atoms with Gasteiger partial charge in [-0.15, -0.1) is 0 Å². The van der Waals surface area contributed by atoms with E-state index in [0.717, 1.165) is 0 Å². The molecular formula is C13H12N2O3. The van der Waals surface area contributed by atoms with Crippen LogP contribution >= 0.6 is 0 Å². The third-order valence-electron chi connectivity index (χ3n) is 2.36. The summed E-state index contributed by atoms with van der Waals surface area (Å²) in [6, 6.07) is 9.93. The number of carbonyl (C=O) groups excluding carboxylic acids is 1. The zero-order valence-electron chi connectivity index (χ0n) is 9.75. The molecular weight excluding hydrogens is 232 g/mol. The van der Waals surface area contributed by atoms with Gasteiger partial charge in [-0.25, -0.2) is 5.43 Å². The first kappa shape index (κ1) is 11.9. The van der Waals surface area contributed by atoms with E-state index in [2.05, 4.69) is 10.5 Å². The van der Waals surface area contributed by atoms with E-state index in [1.54, 1.807) is 43.3 Å². The molecule has 2 rings (SSSR count). The molecule has 1 aromatic heterocycles. The number of rotatable bonds is 3. The maximum absolute atomic E-state index is 11.6. The van der Waals surface area contributed by atoms with Crippen molar-refractivity contribution >= 4 is 11.6 Å². The third kappa shape index (κ3) is 2.57. The smallest absolute Gasteiger partial charge is 0.307 e. The van der Waals surface area contributed by atoms with Gasteiger partial charge in [-0.05, 0) is 31.2 Å². The van der Waals surface area contributed by atoms with Gasteiger partial charge in [0.2, 0.25) is 0 Å². The minimum Gasteiger partial charge on any atom is -0.507 e. The summed E-state index contributed by atoms with van der Waals surface area (Å²) in [6.45, 7) is 1.69. The van der Waals surface area contributed by atoms with Crippen molar-refractivity contribution in [2.24, 2.45) is 5.10 Å². The Bertz CT molecular complexity index is 574. The molecule has 5 nitrogen and oxygen atoms in total. The molecule has 5 heteroatoms. The van der Waals surface area contributed by atoms with Gasteiger partial charge in [0, 0.05) is 5.56 Å². The second-order valence-corrected chi connectivity index (χ2v) is 3.63. The van der Waals surface area contributed by atoms with Crippen molar-refractivity contribution in [2.75, 3.05) is 0 Å². The number of benzene rings is 1. The monoisotopic (exact) mass is 244 g/mol. The summed E-state index contributed by atoms with van der Waals surface area (Å²) in [6.07, 6.45) is 1.41. The molecule has 1 amide bonds. The molecule has 1 aromatic carbocycles. The first-order valence-electron chi connectivity index (χ1n) is 5.35. The molecule has 1 heterocycles. The highest BCUT2D eigenvalue weighted by Crippen LogP contribution is 2.16. The first-order chi connectivity index (χ1) is 8.68. The van der Waals surface area contributed by atoms with Crippen LogP contribution in [0.25, 0.3) is 0 Å². The van der Waals surface area contributed by atoms with Crippen molar-refractivity contribution in [1.29, 1.82) is 0 Å². The van der Waals surface area contributed by atoms with E-state index < -0.39 is 5.91 Å². The fraction of sp³-hybridized carbons (Fsp3) is 0.0769. The standard InChI is InChI=1S/C13H12N2O3/c1-9(10-5-2-3-6-11(10)16)14-15-13(17)12-7-4-8-18-12/h2-8,16H,1H3,(H,15,17)/b14-9+. The molecule has 0 aliphatic carbocycles. The number of phenols is 1. The van der Waals surface area contributed by atoms with Gasteiger partial charge in [-0.3, -0.25) is 4.79 Å². The number of amides is 1. The van der Waals surface area contributed by atoms with Crippen LogP contribution in [0.4, 0.5) is 0 Å². The molecule has 18 heavy (non-hydrogen) atoms. The SMILES string of the molecule is C/C(=N\NC(=O)c1ccco1)c1ccccc1O. The molecule has 0 unspecified atom stereocenters. The van der Waals surface area contributed by atoms with Crippen molar-refractivity contribution in [2.45, 2.75) is 6.92 Å². The quantitative estimate of drug-likeness (QED) is 0.641. The van der Waals surface area contributed by atoms with Crippen LogP contribution in [-0.4, -0.2) is 16.7 Å². The van der Waals surface area contributed by atoms with Crippen molar-refractivity contribution in [3.05, 3.63) is 54.0 Å². The van der Waals surface area contributed by atoms with E-state index >= 15 is 0 Å². The second kappa shape index (κ2) is 5.18. The Morgan fingerprint density at radius 3 is 2.72 bits per heavy atom. The summed E-state index contributed by atoms with van der Waals surface area (Å²) in [5.41, 5.74) is 3.43. The van der Waals surface area contributed by atoms with Gasteiger partial charge >= 0.3 is 5.91 Å². The zero-order valence-corrected chi connectivity index (χ0v) is 9.75. The lowest BCUT2D eigenvalue weighted by Crippen LogP contribution is -2.18. The van der Waals surface area contributed by atoms with Gasteiger partial charge in [-0.2, -0.15) is 5.10 Å². The predicted molar refractivity (Wildman–Crippen MR) is 66.5 cm³/mol. The Morgan fingerprint density at radius 2 is 2.06 bits per heavy atom. The predicted octanol–water partition coefficient (Wildman–Crippen LogP) is 2.14. The fourth-order valence-corrected chi connectivity index (χ4v) is 1.44. The van der Waals surface area contributed by atoms with Gasteiger partial charge in [-0.1, -0.05) is 12.1 Å². The van der Waals surface area contributed by atoms with Gasteiger partial charge in [0.1, 0.15) is 5.75 Å². The normalized spacial score (nSPS) is 11.3. The highest BCUT2D eigenvalue weighted by Gasteiger charge is 2.08. The lowest BCUT2D eigenvalue weighted by molar-refractivity contribution is 0.0927. The largest absolute Gasteiger partial charge is 0.507 e. The Morgan fingerprint density at radius 1 is 1.28 bits per heavy atom. The van der Waals surface area contributed by atoms with Crippen molar-refractivity contribution in [3.8, 4) is 5.75 Å². The van der Waals surface area contributed by atoms with E-state index in [4.69, 9.17) is 4.42 Å². The lowest BCUT2D eigenvalue weighted by atomic mass is 10.1. The number of phenolic OH excluding ortho intramolecular Hbond substituents is 1. The molecule has 0 saturated heterocycles.